The van der Waals surface area contributed by atoms with E-state index in [1.165, 1.54) is 19.3 Å². The van der Waals surface area contributed by atoms with Crippen molar-refractivity contribution < 1.29 is 9.59 Å². The van der Waals surface area contributed by atoms with Crippen molar-refractivity contribution in [2.75, 3.05) is 0 Å². The van der Waals surface area contributed by atoms with E-state index in [1.54, 1.807) is 4.90 Å². The molecule has 3 saturated carbocycles. The Bertz CT molecular complexity index is 706. The van der Waals surface area contributed by atoms with E-state index in [2.05, 4.69) is 13.8 Å². The number of carbonyl (C=O) groups is 2. The molecule has 1 aromatic rings. The number of carbonyl (C=O) groups excluding carboxylic acids is 2. The van der Waals surface area contributed by atoms with Crippen LogP contribution in [0.1, 0.15) is 66.7 Å². The highest BCUT2D eigenvalue weighted by atomic mass is 16.2. The maximum absolute atomic E-state index is 13.1. The molecule has 1 heterocycles. The van der Waals surface area contributed by atoms with E-state index in [4.69, 9.17) is 0 Å². The summed E-state index contributed by atoms with van der Waals surface area (Å²) in [5, 5.41) is 0. The van der Waals surface area contributed by atoms with Gasteiger partial charge in [-0.05, 0) is 67.4 Å². The molecule has 1 aromatic carbocycles. The van der Waals surface area contributed by atoms with E-state index in [1.807, 2.05) is 24.3 Å². The van der Waals surface area contributed by atoms with Gasteiger partial charge in [-0.25, -0.2) is 0 Å². The van der Waals surface area contributed by atoms with Gasteiger partial charge in [0.15, 0.2) is 0 Å². The van der Waals surface area contributed by atoms with Crippen LogP contribution in [0.3, 0.4) is 0 Å². The van der Waals surface area contributed by atoms with E-state index in [9.17, 15) is 9.59 Å². The van der Waals surface area contributed by atoms with Crippen molar-refractivity contribution in [2.45, 2.75) is 51.5 Å². The number of hydrogen-bond donors (Lipinski definition) is 0. The van der Waals surface area contributed by atoms with Gasteiger partial charge in [0, 0.05) is 0 Å². The summed E-state index contributed by atoms with van der Waals surface area (Å²) in [5.41, 5.74) is 1.32. The minimum absolute atomic E-state index is 0.0467. The SMILES string of the molecule is CC1CC2CC3(C)CC2C(N2C(=O)c4ccccc4C2=O)(C1)C3. The van der Waals surface area contributed by atoms with Gasteiger partial charge in [0.25, 0.3) is 11.8 Å². The van der Waals surface area contributed by atoms with Crippen LogP contribution in [0, 0.1) is 23.2 Å². The molecule has 0 spiro atoms. The summed E-state index contributed by atoms with van der Waals surface area (Å²) >= 11 is 0. The van der Waals surface area contributed by atoms with Crippen LogP contribution < -0.4 is 0 Å². The molecule has 0 radical (unpaired) electrons. The number of benzene rings is 1. The van der Waals surface area contributed by atoms with Gasteiger partial charge >= 0.3 is 0 Å². The Morgan fingerprint density at radius 3 is 2.30 bits per heavy atom. The van der Waals surface area contributed by atoms with Crippen molar-refractivity contribution in [1.29, 1.82) is 0 Å². The van der Waals surface area contributed by atoms with Crippen molar-refractivity contribution in [2.24, 2.45) is 23.2 Å². The van der Waals surface area contributed by atoms with Crippen molar-refractivity contribution in [3.8, 4) is 0 Å². The predicted octanol–water partition coefficient (Wildman–Crippen LogP) is 3.89. The summed E-state index contributed by atoms with van der Waals surface area (Å²) in [6.45, 7) is 4.67. The molecule has 0 aromatic heterocycles. The van der Waals surface area contributed by atoms with Crippen molar-refractivity contribution >= 4 is 11.8 Å². The minimum Gasteiger partial charge on any atom is -0.269 e. The van der Waals surface area contributed by atoms with Crippen molar-refractivity contribution in [3.63, 3.8) is 0 Å². The first-order chi connectivity index (χ1) is 10.9. The Kier molecular flexibility index (Phi) is 2.43. The number of hydrogen-bond acceptors (Lipinski definition) is 2. The van der Waals surface area contributed by atoms with Gasteiger partial charge in [-0.2, -0.15) is 0 Å². The molecule has 2 bridgehead atoms. The maximum atomic E-state index is 13.1. The summed E-state index contributed by atoms with van der Waals surface area (Å²) in [6.07, 6.45) is 5.75. The Hall–Kier alpha value is -1.64. The summed E-state index contributed by atoms with van der Waals surface area (Å²) in [7, 11) is 0. The monoisotopic (exact) mass is 309 g/mol. The molecule has 3 fully saturated rings. The van der Waals surface area contributed by atoms with E-state index in [-0.39, 0.29) is 17.4 Å². The number of nitrogens with zero attached hydrogens (tertiary/aromatic N) is 1. The van der Waals surface area contributed by atoms with Gasteiger partial charge in [0.1, 0.15) is 0 Å². The lowest BCUT2D eigenvalue weighted by Gasteiger charge is -2.53. The smallest absolute Gasteiger partial charge is 0.262 e. The lowest BCUT2D eigenvalue weighted by molar-refractivity contribution is -0.0237. The molecule has 2 amide bonds. The normalized spacial score (nSPS) is 44.1. The van der Waals surface area contributed by atoms with E-state index < -0.39 is 0 Å². The average Bonchev–Trinajstić information content (AvgIpc) is 3.05. The van der Waals surface area contributed by atoms with Gasteiger partial charge in [-0.3, -0.25) is 14.5 Å². The van der Waals surface area contributed by atoms with Crippen LogP contribution >= 0.6 is 0 Å². The second-order valence-electron chi connectivity index (χ2n) is 8.90. The zero-order valence-corrected chi connectivity index (χ0v) is 13.8. The van der Waals surface area contributed by atoms with Crippen LogP contribution in [0.2, 0.25) is 0 Å². The quantitative estimate of drug-likeness (QED) is 0.738. The fourth-order valence-electron chi connectivity index (χ4n) is 6.80. The van der Waals surface area contributed by atoms with Gasteiger partial charge < -0.3 is 0 Å². The zero-order valence-electron chi connectivity index (χ0n) is 13.8. The molecule has 5 atom stereocenters. The first kappa shape index (κ1) is 13.8. The molecular weight excluding hydrogens is 286 g/mol. The largest absolute Gasteiger partial charge is 0.269 e. The van der Waals surface area contributed by atoms with Gasteiger partial charge in [-0.15, -0.1) is 0 Å². The number of amides is 2. The first-order valence-corrected chi connectivity index (χ1v) is 8.91. The van der Waals surface area contributed by atoms with Crippen molar-refractivity contribution in [1.82, 2.24) is 4.90 Å². The molecule has 3 aliphatic carbocycles. The van der Waals surface area contributed by atoms with E-state index in [0.717, 1.165) is 12.8 Å². The summed E-state index contributed by atoms with van der Waals surface area (Å²) in [6, 6.07) is 7.34. The van der Waals surface area contributed by atoms with E-state index in [0.29, 0.717) is 34.3 Å². The second kappa shape index (κ2) is 4.06. The lowest BCUT2D eigenvalue weighted by atomic mass is 9.60. The molecule has 3 heteroatoms. The maximum Gasteiger partial charge on any atom is 0.262 e. The van der Waals surface area contributed by atoms with Crippen LogP contribution in [0.5, 0.6) is 0 Å². The number of rotatable bonds is 1. The van der Waals surface area contributed by atoms with Crippen LogP contribution in [0.4, 0.5) is 0 Å². The standard InChI is InChI=1S/C20H23NO2/c1-12-7-13-9-19(2)10-16(13)20(8-12,11-19)21-17(22)14-5-3-4-6-15(14)18(21)23/h3-6,12-13,16H,7-11H2,1-2H3. The number of imide groups is 1. The molecule has 120 valence electrons. The average molecular weight is 309 g/mol. The first-order valence-electron chi connectivity index (χ1n) is 8.91. The summed E-state index contributed by atoms with van der Waals surface area (Å²) in [5.74, 6) is 1.72. The van der Waals surface area contributed by atoms with Crippen LogP contribution in [-0.4, -0.2) is 22.3 Å². The highest BCUT2D eigenvalue weighted by molar-refractivity contribution is 6.22. The Morgan fingerprint density at radius 2 is 1.70 bits per heavy atom. The molecule has 1 aliphatic heterocycles. The second-order valence-corrected chi connectivity index (χ2v) is 8.90. The zero-order chi connectivity index (χ0) is 16.0. The van der Waals surface area contributed by atoms with Crippen LogP contribution in [-0.2, 0) is 0 Å². The molecule has 4 aliphatic rings. The predicted molar refractivity (Wildman–Crippen MR) is 87.0 cm³/mol. The van der Waals surface area contributed by atoms with E-state index >= 15 is 0 Å². The van der Waals surface area contributed by atoms with Crippen LogP contribution in [0.15, 0.2) is 24.3 Å². The Balaban J connectivity index is 1.64. The summed E-state index contributed by atoms with van der Waals surface area (Å²) in [4.78, 5) is 27.9. The molecule has 5 unspecified atom stereocenters. The molecular formula is C20H23NO2. The summed E-state index contributed by atoms with van der Waals surface area (Å²) < 4.78 is 0. The van der Waals surface area contributed by atoms with Crippen LogP contribution in [0.25, 0.3) is 0 Å². The van der Waals surface area contributed by atoms with Gasteiger partial charge in [0.05, 0.1) is 16.7 Å². The number of fused-ring (bicyclic) bond motifs is 2. The fourth-order valence-corrected chi connectivity index (χ4v) is 6.80. The topological polar surface area (TPSA) is 37.4 Å². The molecule has 3 nitrogen and oxygen atoms in total. The van der Waals surface area contributed by atoms with Crippen molar-refractivity contribution in [3.05, 3.63) is 35.4 Å². The van der Waals surface area contributed by atoms with Gasteiger partial charge in [-0.1, -0.05) is 26.0 Å². The molecule has 23 heavy (non-hydrogen) atoms. The minimum atomic E-state index is -0.220. The molecule has 0 N–H and O–H groups in total. The van der Waals surface area contributed by atoms with Gasteiger partial charge in [0.2, 0.25) is 0 Å². The fraction of sp³-hybridized carbons (Fsp3) is 0.600. The Morgan fingerprint density at radius 1 is 1.04 bits per heavy atom. The third kappa shape index (κ3) is 1.56. The highest BCUT2D eigenvalue weighted by Crippen LogP contribution is 2.68. The highest BCUT2D eigenvalue weighted by Gasteiger charge is 2.67. The molecule has 0 saturated heterocycles. The lowest BCUT2D eigenvalue weighted by Crippen LogP contribution is -2.60. The third-order valence-corrected chi connectivity index (χ3v) is 7.11. The molecule has 5 rings (SSSR count). The Labute approximate surface area is 137 Å². The third-order valence-electron chi connectivity index (χ3n) is 7.11.